The molecule has 0 aliphatic carbocycles. The van der Waals surface area contributed by atoms with Gasteiger partial charge >= 0.3 is 0 Å². The number of hydrogen-bond donors (Lipinski definition) is 1. The minimum absolute atomic E-state index is 0.580. The van der Waals surface area contributed by atoms with Gasteiger partial charge in [-0.15, -0.1) is 0 Å². The second kappa shape index (κ2) is 4.67. The first-order valence-corrected chi connectivity index (χ1v) is 5.82. The molecule has 1 aromatic heterocycles. The predicted octanol–water partition coefficient (Wildman–Crippen LogP) is 1.69. The van der Waals surface area contributed by atoms with Crippen LogP contribution >= 0.6 is 0 Å². The highest BCUT2D eigenvalue weighted by Crippen LogP contribution is 2.16. The van der Waals surface area contributed by atoms with Crippen LogP contribution in [-0.4, -0.2) is 21.3 Å². The first kappa shape index (κ1) is 11.8. The molecule has 17 heavy (non-hydrogen) atoms. The van der Waals surface area contributed by atoms with Gasteiger partial charge in [-0.05, 0) is 38.9 Å². The molecular weight excluding hydrogens is 212 g/mol. The Hall–Kier alpha value is -1.68. The number of rotatable bonds is 3. The molecule has 0 aliphatic heterocycles. The fourth-order valence-corrected chi connectivity index (χ4v) is 1.95. The normalized spacial score (nSPS) is 10.8. The van der Waals surface area contributed by atoms with Gasteiger partial charge in [0, 0.05) is 6.42 Å². The van der Waals surface area contributed by atoms with Gasteiger partial charge in [0.15, 0.2) is 5.82 Å². The van der Waals surface area contributed by atoms with Gasteiger partial charge in [-0.3, -0.25) is 0 Å². The number of nitrogens with two attached hydrogens (primary N) is 1. The molecule has 0 bridgehead atoms. The molecule has 4 nitrogen and oxygen atoms in total. The van der Waals surface area contributed by atoms with E-state index in [-0.39, 0.29) is 0 Å². The van der Waals surface area contributed by atoms with Gasteiger partial charge in [-0.2, -0.15) is 5.10 Å². The van der Waals surface area contributed by atoms with E-state index in [9.17, 15) is 0 Å². The smallest absolute Gasteiger partial charge is 0.152 e. The molecule has 90 valence electrons. The van der Waals surface area contributed by atoms with Gasteiger partial charge in [0.05, 0.1) is 5.69 Å². The average Bonchev–Trinajstić information content (AvgIpc) is 2.60. The average molecular weight is 230 g/mol. The number of nitrogens with zero attached hydrogens (tertiary/aromatic N) is 3. The second-order valence-electron chi connectivity index (χ2n) is 4.32. The SMILES string of the molecule is Cc1ccc(-n2nc(CCN)nc2C)c(C)c1. The Bertz CT molecular complexity index is 528. The summed E-state index contributed by atoms with van der Waals surface area (Å²) in [5.41, 5.74) is 9.07. The number of benzene rings is 1. The molecular formula is C13H18N4. The minimum atomic E-state index is 0.580. The van der Waals surface area contributed by atoms with Crippen LogP contribution < -0.4 is 5.73 Å². The summed E-state index contributed by atoms with van der Waals surface area (Å²) in [7, 11) is 0. The molecule has 0 radical (unpaired) electrons. The molecule has 2 aromatic rings. The molecule has 0 atom stereocenters. The lowest BCUT2D eigenvalue weighted by atomic mass is 10.1. The van der Waals surface area contributed by atoms with E-state index < -0.39 is 0 Å². The highest BCUT2D eigenvalue weighted by molar-refractivity contribution is 5.42. The lowest BCUT2D eigenvalue weighted by Gasteiger charge is -2.07. The van der Waals surface area contributed by atoms with Crippen LogP contribution in [0.15, 0.2) is 18.2 Å². The van der Waals surface area contributed by atoms with Crippen molar-refractivity contribution in [2.45, 2.75) is 27.2 Å². The van der Waals surface area contributed by atoms with E-state index in [0.717, 1.165) is 23.8 Å². The summed E-state index contributed by atoms with van der Waals surface area (Å²) in [6.07, 6.45) is 0.721. The zero-order chi connectivity index (χ0) is 12.4. The quantitative estimate of drug-likeness (QED) is 0.873. The number of hydrogen-bond acceptors (Lipinski definition) is 3. The molecule has 0 saturated heterocycles. The zero-order valence-electron chi connectivity index (χ0n) is 10.6. The third kappa shape index (κ3) is 2.36. The molecule has 0 saturated carbocycles. The highest BCUT2D eigenvalue weighted by Gasteiger charge is 2.09. The summed E-state index contributed by atoms with van der Waals surface area (Å²) in [6, 6.07) is 6.32. The Balaban J connectivity index is 2.45. The van der Waals surface area contributed by atoms with Crippen LogP contribution in [0.3, 0.4) is 0 Å². The Kier molecular flexibility index (Phi) is 3.24. The summed E-state index contributed by atoms with van der Waals surface area (Å²) < 4.78 is 1.89. The molecule has 0 unspecified atom stereocenters. The maximum absolute atomic E-state index is 5.52. The minimum Gasteiger partial charge on any atom is -0.330 e. The van der Waals surface area contributed by atoms with Gasteiger partial charge in [0.1, 0.15) is 5.82 Å². The van der Waals surface area contributed by atoms with Crippen molar-refractivity contribution in [3.05, 3.63) is 41.0 Å². The molecule has 4 heteroatoms. The first-order chi connectivity index (χ1) is 8.11. The van der Waals surface area contributed by atoms with E-state index in [1.807, 2.05) is 11.6 Å². The van der Waals surface area contributed by atoms with Crippen molar-refractivity contribution in [2.24, 2.45) is 5.73 Å². The fraction of sp³-hybridized carbons (Fsp3) is 0.385. The van der Waals surface area contributed by atoms with Crippen molar-refractivity contribution in [1.29, 1.82) is 0 Å². The summed E-state index contributed by atoms with van der Waals surface area (Å²) in [5, 5.41) is 4.49. The van der Waals surface area contributed by atoms with Crippen LogP contribution in [0, 0.1) is 20.8 Å². The lowest BCUT2D eigenvalue weighted by Crippen LogP contribution is -2.05. The molecule has 2 N–H and O–H groups in total. The lowest BCUT2D eigenvalue weighted by molar-refractivity contribution is 0.799. The van der Waals surface area contributed by atoms with Gasteiger partial charge < -0.3 is 5.73 Å². The largest absolute Gasteiger partial charge is 0.330 e. The van der Waals surface area contributed by atoms with Crippen LogP contribution in [0.4, 0.5) is 0 Å². The zero-order valence-corrected chi connectivity index (χ0v) is 10.6. The van der Waals surface area contributed by atoms with Crippen LogP contribution in [0.25, 0.3) is 5.69 Å². The van der Waals surface area contributed by atoms with Crippen LogP contribution in [-0.2, 0) is 6.42 Å². The maximum atomic E-state index is 5.52. The standard InChI is InChI=1S/C13H18N4/c1-9-4-5-12(10(2)8-9)17-11(3)15-13(16-17)6-7-14/h4-5,8H,6-7,14H2,1-3H3. The van der Waals surface area contributed by atoms with Crippen molar-refractivity contribution < 1.29 is 0 Å². The summed E-state index contributed by atoms with van der Waals surface area (Å²) in [6.45, 7) is 6.72. The van der Waals surface area contributed by atoms with Gasteiger partial charge in [-0.1, -0.05) is 17.7 Å². The van der Waals surface area contributed by atoms with Crippen molar-refractivity contribution in [3.8, 4) is 5.69 Å². The topological polar surface area (TPSA) is 56.7 Å². The summed E-state index contributed by atoms with van der Waals surface area (Å²) >= 11 is 0. The summed E-state index contributed by atoms with van der Waals surface area (Å²) in [4.78, 5) is 4.41. The van der Waals surface area contributed by atoms with E-state index in [4.69, 9.17) is 5.73 Å². The second-order valence-corrected chi connectivity index (χ2v) is 4.32. The molecule has 0 aliphatic rings. The van der Waals surface area contributed by atoms with Crippen LogP contribution in [0.1, 0.15) is 22.8 Å². The molecule has 0 fully saturated rings. The van der Waals surface area contributed by atoms with Crippen molar-refractivity contribution in [3.63, 3.8) is 0 Å². The van der Waals surface area contributed by atoms with E-state index in [1.165, 1.54) is 11.1 Å². The van der Waals surface area contributed by atoms with E-state index in [0.29, 0.717) is 6.54 Å². The third-order valence-corrected chi connectivity index (χ3v) is 2.76. The van der Waals surface area contributed by atoms with E-state index in [2.05, 4.69) is 42.1 Å². The Morgan fingerprint density at radius 3 is 2.65 bits per heavy atom. The molecule has 1 aromatic carbocycles. The number of aryl methyl sites for hydroxylation is 3. The van der Waals surface area contributed by atoms with Gasteiger partial charge in [0.25, 0.3) is 0 Å². The van der Waals surface area contributed by atoms with Crippen LogP contribution in [0.2, 0.25) is 0 Å². The number of aromatic nitrogens is 3. The van der Waals surface area contributed by atoms with E-state index >= 15 is 0 Å². The van der Waals surface area contributed by atoms with E-state index in [1.54, 1.807) is 0 Å². The molecule has 1 heterocycles. The van der Waals surface area contributed by atoms with Crippen molar-refractivity contribution >= 4 is 0 Å². The molecule has 0 amide bonds. The van der Waals surface area contributed by atoms with Gasteiger partial charge in [0.2, 0.25) is 0 Å². The highest BCUT2D eigenvalue weighted by atomic mass is 15.3. The monoisotopic (exact) mass is 230 g/mol. The molecule has 2 rings (SSSR count). The maximum Gasteiger partial charge on any atom is 0.152 e. The Morgan fingerprint density at radius 1 is 1.24 bits per heavy atom. The summed E-state index contributed by atoms with van der Waals surface area (Å²) in [5.74, 6) is 1.71. The van der Waals surface area contributed by atoms with Crippen LogP contribution in [0.5, 0.6) is 0 Å². The molecule has 0 spiro atoms. The van der Waals surface area contributed by atoms with Gasteiger partial charge in [-0.25, -0.2) is 9.67 Å². The third-order valence-electron chi connectivity index (χ3n) is 2.76. The van der Waals surface area contributed by atoms with Crippen molar-refractivity contribution in [1.82, 2.24) is 14.8 Å². The predicted molar refractivity (Wildman–Crippen MR) is 68.3 cm³/mol. The Morgan fingerprint density at radius 2 is 2.00 bits per heavy atom. The van der Waals surface area contributed by atoms with Crippen molar-refractivity contribution in [2.75, 3.05) is 6.54 Å². The Labute approximate surface area is 101 Å². The first-order valence-electron chi connectivity index (χ1n) is 5.82. The fourth-order valence-electron chi connectivity index (χ4n) is 1.95.